The third-order valence-corrected chi connectivity index (χ3v) is 3.45. The van der Waals surface area contributed by atoms with Crippen molar-refractivity contribution in [2.45, 2.75) is 6.61 Å². The van der Waals surface area contributed by atoms with Gasteiger partial charge in [0.05, 0.1) is 19.8 Å². The number of rotatable bonds is 6. The van der Waals surface area contributed by atoms with Gasteiger partial charge in [0.25, 0.3) is 0 Å². The van der Waals surface area contributed by atoms with Gasteiger partial charge in [-0.25, -0.2) is 26.7 Å². The van der Waals surface area contributed by atoms with Crippen LogP contribution in [0.3, 0.4) is 0 Å². The minimum absolute atomic E-state index is 0.448. The van der Waals surface area contributed by atoms with E-state index in [1.165, 1.54) is 20.3 Å². The molecule has 0 aliphatic rings. The maximum Gasteiger partial charge on any atom is 0.331 e. The Labute approximate surface area is 150 Å². The third kappa shape index (κ3) is 4.55. The standard InChI is InChI=1S/C18H13F5O4/c1-25-10-5-9(6-11(7-10)26-2)3-4-13(24)27-8-12-14(19)16(21)18(23)17(22)15(12)20/h3-7H,8H2,1-2H3/b4-3+. The Morgan fingerprint density at radius 3 is 1.81 bits per heavy atom. The summed E-state index contributed by atoms with van der Waals surface area (Å²) < 4.78 is 80.8. The second-order valence-electron chi connectivity index (χ2n) is 5.14. The smallest absolute Gasteiger partial charge is 0.331 e. The van der Waals surface area contributed by atoms with Gasteiger partial charge in [0.1, 0.15) is 18.1 Å². The molecule has 0 atom stereocenters. The first-order chi connectivity index (χ1) is 12.8. The van der Waals surface area contributed by atoms with Crippen LogP contribution in [0.25, 0.3) is 6.08 Å². The lowest BCUT2D eigenvalue weighted by Crippen LogP contribution is -2.10. The zero-order valence-electron chi connectivity index (χ0n) is 14.1. The van der Waals surface area contributed by atoms with Crippen molar-refractivity contribution >= 4 is 12.0 Å². The van der Waals surface area contributed by atoms with E-state index < -0.39 is 47.2 Å². The van der Waals surface area contributed by atoms with Crippen LogP contribution in [0.5, 0.6) is 11.5 Å². The number of esters is 1. The molecule has 0 aromatic heterocycles. The molecule has 9 heteroatoms. The average Bonchev–Trinajstić information content (AvgIpc) is 2.68. The van der Waals surface area contributed by atoms with Crippen LogP contribution in [-0.4, -0.2) is 20.2 Å². The van der Waals surface area contributed by atoms with E-state index in [1.54, 1.807) is 18.2 Å². The molecule has 2 aromatic rings. The van der Waals surface area contributed by atoms with E-state index in [0.29, 0.717) is 17.1 Å². The van der Waals surface area contributed by atoms with Gasteiger partial charge in [-0.2, -0.15) is 0 Å². The number of ether oxygens (including phenoxy) is 3. The molecule has 0 saturated heterocycles. The molecular formula is C18H13F5O4. The highest BCUT2D eigenvalue weighted by molar-refractivity contribution is 5.87. The lowest BCUT2D eigenvalue weighted by Gasteiger charge is -2.08. The molecule has 2 aromatic carbocycles. The summed E-state index contributed by atoms with van der Waals surface area (Å²) in [7, 11) is 2.86. The van der Waals surface area contributed by atoms with Crippen LogP contribution in [0.4, 0.5) is 22.0 Å². The van der Waals surface area contributed by atoms with Crippen LogP contribution in [-0.2, 0) is 16.1 Å². The number of benzene rings is 2. The number of hydrogen-bond donors (Lipinski definition) is 0. The van der Waals surface area contributed by atoms with Crippen molar-refractivity contribution in [2.75, 3.05) is 14.2 Å². The molecule has 0 saturated carbocycles. The van der Waals surface area contributed by atoms with E-state index in [4.69, 9.17) is 9.47 Å². The highest BCUT2D eigenvalue weighted by Crippen LogP contribution is 2.24. The van der Waals surface area contributed by atoms with Gasteiger partial charge in [-0.1, -0.05) is 0 Å². The van der Waals surface area contributed by atoms with E-state index in [0.717, 1.165) is 6.08 Å². The maximum atomic E-state index is 13.5. The highest BCUT2D eigenvalue weighted by atomic mass is 19.2. The van der Waals surface area contributed by atoms with Gasteiger partial charge in [0.15, 0.2) is 23.3 Å². The SMILES string of the molecule is COc1cc(/C=C/C(=O)OCc2c(F)c(F)c(F)c(F)c2F)cc(OC)c1. The second kappa shape index (κ2) is 8.52. The number of methoxy groups -OCH3 is 2. The quantitative estimate of drug-likeness (QED) is 0.245. The monoisotopic (exact) mass is 388 g/mol. The highest BCUT2D eigenvalue weighted by Gasteiger charge is 2.26. The molecule has 144 valence electrons. The third-order valence-electron chi connectivity index (χ3n) is 3.45. The molecule has 4 nitrogen and oxygen atoms in total. The van der Waals surface area contributed by atoms with Crippen LogP contribution in [0.1, 0.15) is 11.1 Å². The van der Waals surface area contributed by atoms with Crippen molar-refractivity contribution in [2.24, 2.45) is 0 Å². The fraction of sp³-hybridized carbons (Fsp3) is 0.167. The van der Waals surface area contributed by atoms with Gasteiger partial charge in [0, 0.05) is 12.1 Å². The van der Waals surface area contributed by atoms with Crippen molar-refractivity contribution in [3.05, 3.63) is 64.5 Å². The fourth-order valence-corrected chi connectivity index (χ4v) is 2.06. The van der Waals surface area contributed by atoms with Gasteiger partial charge in [-0.3, -0.25) is 0 Å². The average molecular weight is 388 g/mol. The molecular weight excluding hydrogens is 375 g/mol. The number of carbonyl (C=O) groups is 1. The Bertz CT molecular complexity index is 845. The molecule has 0 spiro atoms. The van der Waals surface area contributed by atoms with Crippen LogP contribution in [0, 0.1) is 29.1 Å². The molecule has 0 heterocycles. The van der Waals surface area contributed by atoms with E-state index >= 15 is 0 Å². The Kier molecular flexibility index (Phi) is 6.38. The van der Waals surface area contributed by atoms with Crippen molar-refractivity contribution in [3.63, 3.8) is 0 Å². The molecule has 0 aliphatic heterocycles. The fourth-order valence-electron chi connectivity index (χ4n) is 2.06. The van der Waals surface area contributed by atoms with Crippen molar-refractivity contribution in [1.82, 2.24) is 0 Å². The lowest BCUT2D eigenvalue weighted by atomic mass is 10.1. The summed E-state index contributed by atoms with van der Waals surface area (Å²) in [4.78, 5) is 11.7. The first kappa shape index (κ1) is 20.2. The van der Waals surface area contributed by atoms with Crippen LogP contribution < -0.4 is 9.47 Å². The summed E-state index contributed by atoms with van der Waals surface area (Å²) in [5.74, 6) is -10.8. The number of hydrogen-bond acceptors (Lipinski definition) is 4. The normalized spacial score (nSPS) is 10.9. The molecule has 2 rings (SSSR count). The first-order valence-corrected chi connectivity index (χ1v) is 7.36. The Hall–Kier alpha value is -3.10. The van der Waals surface area contributed by atoms with E-state index in [-0.39, 0.29) is 0 Å². The molecule has 0 fully saturated rings. The van der Waals surface area contributed by atoms with Gasteiger partial charge >= 0.3 is 5.97 Å². The summed E-state index contributed by atoms with van der Waals surface area (Å²) in [6.45, 7) is -1.13. The van der Waals surface area contributed by atoms with Crippen molar-refractivity contribution in [3.8, 4) is 11.5 Å². The molecule has 0 N–H and O–H groups in total. The van der Waals surface area contributed by atoms with Crippen molar-refractivity contribution in [1.29, 1.82) is 0 Å². The summed E-state index contributed by atoms with van der Waals surface area (Å²) in [5.41, 5.74) is -0.754. The van der Waals surface area contributed by atoms with Crippen LogP contribution >= 0.6 is 0 Å². The predicted octanol–water partition coefficient (Wildman–Crippen LogP) is 4.16. The van der Waals surface area contributed by atoms with Crippen LogP contribution in [0.2, 0.25) is 0 Å². The van der Waals surface area contributed by atoms with E-state index in [2.05, 4.69) is 4.74 Å². The van der Waals surface area contributed by atoms with Gasteiger partial charge in [-0.05, 0) is 23.8 Å². The van der Waals surface area contributed by atoms with Crippen LogP contribution in [0.15, 0.2) is 24.3 Å². The summed E-state index contributed by atoms with van der Waals surface area (Å²) in [6, 6.07) is 4.73. The molecule has 27 heavy (non-hydrogen) atoms. The zero-order chi connectivity index (χ0) is 20.1. The number of carbonyl (C=O) groups excluding carboxylic acids is 1. The van der Waals surface area contributed by atoms with Gasteiger partial charge in [0.2, 0.25) is 5.82 Å². The topological polar surface area (TPSA) is 44.8 Å². The largest absolute Gasteiger partial charge is 0.497 e. The minimum Gasteiger partial charge on any atom is -0.497 e. The maximum absolute atomic E-state index is 13.5. The first-order valence-electron chi connectivity index (χ1n) is 7.36. The van der Waals surface area contributed by atoms with E-state index in [1.807, 2.05) is 0 Å². The second-order valence-corrected chi connectivity index (χ2v) is 5.14. The van der Waals surface area contributed by atoms with Crippen molar-refractivity contribution < 1.29 is 41.0 Å². The predicted molar refractivity (Wildman–Crippen MR) is 84.6 cm³/mol. The molecule has 0 radical (unpaired) electrons. The molecule has 0 amide bonds. The molecule has 0 unspecified atom stereocenters. The summed E-state index contributed by atoms with van der Waals surface area (Å²) >= 11 is 0. The Morgan fingerprint density at radius 1 is 0.852 bits per heavy atom. The zero-order valence-corrected chi connectivity index (χ0v) is 14.1. The summed E-state index contributed by atoms with van der Waals surface area (Å²) in [6.07, 6.45) is 2.21. The lowest BCUT2D eigenvalue weighted by molar-refractivity contribution is -0.139. The minimum atomic E-state index is -2.29. The van der Waals surface area contributed by atoms with Gasteiger partial charge in [-0.15, -0.1) is 0 Å². The Morgan fingerprint density at radius 2 is 1.33 bits per heavy atom. The van der Waals surface area contributed by atoms with E-state index in [9.17, 15) is 26.7 Å². The van der Waals surface area contributed by atoms with Gasteiger partial charge < -0.3 is 14.2 Å². The summed E-state index contributed by atoms with van der Waals surface area (Å²) in [5, 5.41) is 0. The molecule has 0 bridgehead atoms. The Balaban J connectivity index is 2.13. The molecule has 0 aliphatic carbocycles. The number of halogens is 5.